The van der Waals surface area contributed by atoms with Gasteiger partial charge in [0.05, 0.1) is 12.5 Å². The lowest BCUT2D eigenvalue weighted by Crippen LogP contribution is -2.00. The lowest BCUT2D eigenvalue weighted by atomic mass is 10.1. The molecule has 2 N–H and O–H groups in total. The quantitative estimate of drug-likeness (QED) is 0.717. The van der Waals surface area contributed by atoms with Crippen LogP contribution in [0.4, 0.5) is 4.39 Å². The Hall–Kier alpha value is -1.40. The lowest BCUT2D eigenvalue weighted by molar-refractivity contribution is 0.610. The second kappa shape index (κ2) is 3.84. The molecule has 1 rings (SSSR count). The fraction of sp³-hybridized carbons (Fsp3) is 0.222. The van der Waals surface area contributed by atoms with E-state index in [1.54, 1.807) is 12.1 Å². The van der Waals surface area contributed by atoms with Crippen molar-refractivity contribution in [2.75, 3.05) is 0 Å². The Morgan fingerprint density at radius 2 is 2.25 bits per heavy atom. The largest absolute Gasteiger partial charge is 0.326 e. The van der Waals surface area contributed by atoms with Gasteiger partial charge < -0.3 is 5.73 Å². The maximum atomic E-state index is 12.8. The van der Waals surface area contributed by atoms with Crippen molar-refractivity contribution in [1.82, 2.24) is 0 Å². The third-order valence-corrected chi connectivity index (χ3v) is 1.61. The minimum Gasteiger partial charge on any atom is -0.326 e. The van der Waals surface area contributed by atoms with Gasteiger partial charge in [0.15, 0.2) is 0 Å². The number of rotatable bonds is 2. The van der Waals surface area contributed by atoms with Crippen LogP contribution in [-0.2, 0) is 13.0 Å². The van der Waals surface area contributed by atoms with Crippen LogP contribution in [0.2, 0.25) is 0 Å². The van der Waals surface area contributed by atoms with Crippen LogP contribution < -0.4 is 5.73 Å². The first-order valence-corrected chi connectivity index (χ1v) is 3.62. The van der Waals surface area contributed by atoms with Gasteiger partial charge in [-0.25, -0.2) is 4.39 Å². The summed E-state index contributed by atoms with van der Waals surface area (Å²) in [6.07, 6.45) is 0.299. The molecule has 0 unspecified atom stereocenters. The van der Waals surface area contributed by atoms with Gasteiger partial charge in [-0.1, -0.05) is 12.1 Å². The molecule has 0 aliphatic carbocycles. The molecule has 0 aromatic heterocycles. The zero-order chi connectivity index (χ0) is 8.97. The van der Waals surface area contributed by atoms with Gasteiger partial charge in [-0.3, -0.25) is 0 Å². The van der Waals surface area contributed by atoms with E-state index < -0.39 is 0 Å². The summed E-state index contributed by atoms with van der Waals surface area (Å²) in [6.45, 7) is 0.172. The van der Waals surface area contributed by atoms with Crippen molar-refractivity contribution in [2.45, 2.75) is 13.0 Å². The predicted molar refractivity (Wildman–Crippen MR) is 43.6 cm³/mol. The Kier molecular flexibility index (Phi) is 2.78. The fourth-order valence-corrected chi connectivity index (χ4v) is 0.986. The molecule has 0 fully saturated rings. The molecule has 1 aromatic rings. The summed E-state index contributed by atoms with van der Waals surface area (Å²) in [6, 6.07) is 6.55. The van der Waals surface area contributed by atoms with E-state index in [9.17, 15) is 4.39 Å². The summed E-state index contributed by atoms with van der Waals surface area (Å²) in [5.74, 6) is -0.306. The van der Waals surface area contributed by atoms with Gasteiger partial charge in [0.1, 0.15) is 5.82 Å². The normalized spacial score (nSPS) is 9.42. The number of benzene rings is 1. The van der Waals surface area contributed by atoms with Crippen molar-refractivity contribution in [3.63, 3.8) is 0 Å². The zero-order valence-electron chi connectivity index (χ0n) is 6.55. The maximum absolute atomic E-state index is 12.8. The van der Waals surface area contributed by atoms with Crippen LogP contribution in [0.5, 0.6) is 0 Å². The van der Waals surface area contributed by atoms with Crippen LogP contribution in [0.1, 0.15) is 11.1 Å². The number of halogens is 1. The molecule has 0 saturated heterocycles. The van der Waals surface area contributed by atoms with Crippen LogP contribution in [0.3, 0.4) is 0 Å². The molecule has 0 heterocycles. The molecule has 0 amide bonds. The topological polar surface area (TPSA) is 49.8 Å². The first kappa shape index (κ1) is 8.69. The summed E-state index contributed by atoms with van der Waals surface area (Å²) in [5.41, 5.74) is 6.56. The lowest BCUT2D eigenvalue weighted by Gasteiger charge is -2.00. The van der Waals surface area contributed by atoms with E-state index in [0.29, 0.717) is 12.0 Å². The van der Waals surface area contributed by atoms with Crippen LogP contribution >= 0.6 is 0 Å². The van der Waals surface area contributed by atoms with Crippen molar-refractivity contribution in [3.05, 3.63) is 35.1 Å². The molecule has 0 radical (unpaired) electrons. The van der Waals surface area contributed by atoms with Crippen LogP contribution in [-0.4, -0.2) is 0 Å². The molecule has 1 aromatic carbocycles. The van der Waals surface area contributed by atoms with Gasteiger partial charge in [-0.05, 0) is 11.6 Å². The fourth-order valence-electron chi connectivity index (χ4n) is 0.986. The third kappa shape index (κ3) is 1.80. The Balaban J connectivity index is 2.98. The molecule has 12 heavy (non-hydrogen) atoms. The van der Waals surface area contributed by atoms with Crippen molar-refractivity contribution >= 4 is 0 Å². The first-order valence-electron chi connectivity index (χ1n) is 3.62. The second-order valence-corrected chi connectivity index (χ2v) is 2.46. The molecule has 0 atom stereocenters. The third-order valence-electron chi connectivity index (χ3n) is 1.61. The highest BCUT2D eigenvalue weighted by atomic mass is 19.1. The minimum absolute atomic E-state index is 0.172. The number of nitrogens with zero attached hydrogens (tertiary/aromatic N) is 1. The Morgan fingerprint density at radius 1 is 1.50 bits per heavy atom. The number of nitriles is 1. The van der Waals surface area contributed by atoms with Gasteiger partial charge in [-0.15, -0.1) is 0 Å². The summed E-state index contributed by atoms with van der Waals surface area (Å²) in [5, 5.41) is 8.38. The molecule has 0 bridgehead atoms. The highest BCUT2D eigenvalue weighted by Gasteiger charge is 2.00. The van der Waals surface area contributed by atoms with E-state index in [0.717, 1.165) is 5.56 Å². The molecule has 0 aliphatic heterocycles. The predicted octanol–water partition coefficient (Wildman–Crippen LogP) is 1.35. The van der Waals surface area contributed by atoms with Gasteiger partial charge in [-0.2, -0.15) is 5.26 Å². The second-order valence-electron chi connectivity index (χ2n) is 2.46. The van der Waals surface area contributed by atoms with Gasteiger partial charge in [0.2, 0.25) is 0 Å². The molecular weight excluding hydrogens is 155 g/mol. The molecule has 62 valence electrons. The maximum Gasteiger partial charge on any atom is 0.127 e. The SMILES string of the molecule is N#CCc1ccc(F)c(CN)c1. The van der Waals surface area contributed by atoms with E-state index in [1.165, 1.54) is 6.07 Å². The summed E-state index contributed by atoms with van der Waals surface area (Å²) < 4.78 is 12.8. The molecular formula is C9H9FN2. The van der Waals surface area contributed by atoms with Crippen molar-refractivity contribution in [2.24, 2.45) is 5.73 Å². The van der Waals surface area contributed by atoms with Gasteiger partial charge in [0.25, 0.3) is 0 Å². The average molecular weight is 164 g/mol. The van der Waals surface area contributed by atoms with Crippen LogP contribution in [0.15, 0.2) is 18.2 Å². The standard InChI is InChI=1S/C9H9FN2/c10-9-2-1-7(3-4-11)5-8(9)6-12/h1-2,5H,3,6,12H2. The van der Waals surface area contributed by atoms with E-state index in [4.69, 9.17) is 11.0 Å². The van der Waals surface area contributed by atoms with Crippen molar-refractivity contribution in [1.29, 1.82) is 5.26 Å². The van der Waals surface area contributed by atoms with Crippen molar-refractivity contribution in [3.8, 4) is 6.07 Å². The number of hydrogen-bond acceptors (Lipinski definition) is 2. The van der Waals surface area contributed by atoms with E-state index in [1.807, 2.05) is 6.07 Å². The Morgan fingerprint density at radius 3 is 2.83 bits per heavy atom. The molecule has 0 aliphatic rings. The monoisotopic (exact) mass is 164 g/mol. The Bertz CT molecular complexity index is 315. The van der Waals surface area contributed by atoms with Crippen LogP contribution in [0, 0.1) is 17.1 Å². The van der Waals surface area contributed by atoms with E-state index >= 15 is 0 Å². The number of nitrogens with two attached hydrogens (primary N) is 1. The minimum atomic E-state index is -0.306. The highest BCUT2D eigenvalue weighted by molar-refractivity contribution is 5.26. The molecule has 0 spiro atoms. The van der Waals surface area contributed by atoms with Gasteiger partial charge >= 0.3 is 0 Å². The Labute approximate surface area is 70.4 Å². The van der Waals surface area contributed by atoms with Crippen molar-refractivity contribution < 1.29 is 4.39 Å². The average Bonchev–Trinajstić information content (AvgIpc) is 2.09. The van der Waals surface area contributed by atoms with E-state index in [2.05, 4.69) is 0 Å². The smallest absolute Gasteiger partial charge is 0.127 e. The molecule has 2 nitrogen and oxygen atoms in total. The van der Waals surface area contributed by atoms with E-state index in [-0.39, 0.29) is 12.4 Å². The summed E-state index contributed by atoms with van der Waals surface area (Å²) in [4.78, 5) is 0. The first-order chi connectivity index (χ1) is 5.77. The molecule has 0 saturated carbocycles. The van der Waals surface area contributed by atoms with Crippen LogP contribution in [0.25, 0.3) is 0 Å². The summed E-state index contributed by atoms with van der Waals surface area (Å²) >= 11 is 0. The zero-order valence-corrected chi connectivity index (χ0v) is 6.55. The number of hydrogen-bond donors (Lipinski definition) is 1. The molecule has 3 heteroatoms. The summed E-state index contributed by atoms with van der Waals surface area (Å²) in [7, 11) is 0. The highest BCUT2D eigenvalue weighted by Crippen LogP contribution is 2.09. The van der Waals surface area contributed by atoms with Gasteiger partial charge in [0, 0.05) is 12.1 Å².